The smallest absolute Gasteiger partial charge is 0.242 e. The van der Waals surface area contributed by atoms with E-state index >= 15 is 0 Å². The molecule has 1 aliphatic rings. The van der Waals surface area contributed by atoms with Crippen LogP contribution in [0.2, 0.25) is 0 Å². The Labute approximate surface area is 68.2 Å². The van der Waals surface area contributed by atoms with Crippen molar-refractivity contribution in [1.82, 2.24) is 0 Å². The fourth-order valence-corrected chi connectivity index (χ4v) is 1.07. The second-order valence-electron chi connectivity index (χ2n) is 2.70. The lowest BCUT2D eigenvalue weighted by Crippen LogP contribution is -2.35. The molecule has 0 fully saturated rings. The van der Waals surface area contributed by atoms with Crippen LogP contribution in [-0.2, 0) is 4.79 Å². The van der Waals surface area contributed by atoms with Crippen LogP contribution >= 0.6 is 0 Å². The Morgan fingerprint density at radius 1 is 1.75 bits per heavy atom. The molecule has 0 radical (unpaired) electrons. The van der Waals surface area contributed by atoms with E-state index < -0.39 is 23.4 Å². The number of carbonyl (C=O) groups is 1. The zero-order valence-electron chi connectivity index (χ0n) is 6.42. The first kappa shape index (κ1) is 9.06. The van der Waals surface area contributed by atoms with E-state index in [0.29, 0.717) is 6.08 Å². The molecule has 4 heteroatoms. The Morgan fingerprint density at radius 3 is 2.75 bits per heavy atom. The molecule has 0 aromatic heterocycles. The van der Waals surface area contributed by atoms with Gasteiger partial charge in [0.15, 0.2) is 0 Å². The Balaban J connectivity index is 2.96. The number of allylic oxidation sites excluding steroid dienone is 2. The van der Waals surface area contributed by atoms with Crippen LogP contribution in [-0.4, -0.2) is 16.7 Å². The standard InChI is InChI=1S/C8H8F2O2/c1-5(11)7-3-2-6(9)4-8(7,10)12/h2-4,7,12H,1H3. The summed E-state index contributed by atoms with van der Waals surface area (Å²) < 4.78 is 25.4. The monoisotopic (exact) mass is 174 g/mol. The van der Waals surface area contributed by atoms with Crippen molar-refractivity contribution in [3.05, 3.63) is 24.1 Å². The molecular weight excluding hydrogens is 166 g/mol. The van der Waals surface area contributed by atoms with Crippen LogP contribution in [0.5, 0.6) is 0 Å². The molecule has 2 unspecified atom stereocenters. The number of alkyl halides is 1. The number of Topliss-reactive ketones (excluding diaryl/α,β-unsaturated/α-hetero) is 1. The molecule has 0 bridgehead atoms. The summed E-state index contributed by atoms with van der Waals surface area (Å²) in [6.07, 6.45) is 2.36. The van der Waals surface area contributed by atoms with Gasteiger partial charge in [-0.3, -0.25) is 4.79 Å². The Morgan fingerprint density at radius 2 is 2.33 bits per heavy atom. The van der Waals surface area contributed by atoms with Gasteiger partial charge in [-0.05, 0) is 13.0 Å². The average molecular weight is 174 g/mol. The summed E-state index contributed by atoms with van der Waals surface area (Å²) >= 11 is 0. The molecule has 2 nitrogen and oxygen atoms in total. The van der Waals surface area contributed by atoms with Gasteiger partial charge in [0.1, 0.15) is 11.6 Å². The summed E-state index contributed by atoms with van der Waals surface area (Å²) in [5.74, 6) is -5.60. The van der Waals surface area contributed by atoms with E-state index in [1.807, 2.05) is 0 Å². The minimum absolute atomic E-state index is 0.388. The van der Waals surface area contributed by atoms with Crippen molar-refractivity contribution in [3.8, 4) is 0 Å². The van der Waals surface area contributed by atoms with Gasteiger partial charge in [-0.2, -0.15) is 0 Å². The van der Waals surface area contributed by atoms with Crippen LogP contribution in [0.3, 0.4) is 0 Å². The van der Waals surface area contributed by atoms with Crippen LogP contribution in [0, 0.1) is 5.92 Å². The molecular formula is C8H8F2O2. The third-order valence-electron chi connectivity index (χ3n) is 1.66. The molecule has 0 amide bonds. The van der Waals surface area contributed by atoms with E-state index in [-0.39, 0.29) is 0 Å². The lowest BCUT2D eigenvalue weighted by atomic mass is 9.92. The molecule has 12 heavy (non-hydrogen) atoms. The first-order valence-corrected chi connectivity index (χ1v) is 3.42. The second-order valence-corrected chi connectivity index (χ2v) is 2.70. The number of halogens is 2. The predicted molar refractivity (Wildman–Crippen MR) is 38.6 cm³/mol. The number of hydrogen-bond donors (Lipinski definition) is 1. The zero-order chi connectivity index (χ0) is 9.35. The minimum atomic E-state index is -2.88. The summed E-state index contributed by atoms with van der Waals surface area (Å²) in [6, 6.07) is 0. The molecule has 0 aromatic rings. The van der Waals surface area contributed by atoms with Gasteiger partial charge in [0.2, 0.25) is 5.85 Å². The topological polar surface area (TPSA) is 37.3 Å². The Kier molecular flexibility index (Phi) is 2.10. The number of aliphatic hydroxyl groups is 1. The highest BCUT2D eigenvalue weighted by Gasteiger charge is 2.38. The minimum Gasteiger partial charge on any atom is -0.358 e. The van der Waals surface area contributed by atoms with Crippen molar-refractivity contribution in [1.29, 1.82) is 0 Å². The van der Waals surface area contributed by atoms with Gasteiger partial charge >= 0.3 is 0 Å². The molecule has 0 heterocycles. The van der Waals surface area contributed by atoms with Gasteiger partial charge < -0.3 is 5.11 Å². The molecule has 0 saturated heterocycles. The summed E-state index contributed by atoms with van der Waals surface area (Å²) in [6.45, 7) is 1.14. The predicted octanol–water partition coefficient (Wildman–Crippen LogP) is 1.27. The molecule has 1 rings (SSSR count). The maximum Gasteiger partial charge on any atom is 0.242 e. The van der Waals surface area contributed by atoms with Crippen molar-refractivity contribution in [2.45, 2.75) is 12.8 Å². The highest BCUT2D eigenvalue weighted by atomic mass is 19.2. The lowest BCUT2D eigenvalue weighted by Gasteiger charge is -2.23. The summed E-state index contributed by atoms with van der Waals surface area (Å²) in [5.41, 5.74) is 0. The first-order chi connectivity index (χ1) is 5.43. The quantitative estimate of drug-likeness (QED) is 0.650. The second kappa shape index (κ2) is 2.79. The van der Waals surface area contributed by atoms with Gasteiger partial charge in [0.05, 0.1) is 5.92 Å². The van der Waals surface area contributed by atoms with E-state index in [2.05, 4.69) is 0 Å². The zero-order valence-corrected chi connectivity index (χ0v) is 6.42. The maximum atomic E-state index is 13.0. The number of rotatable bonds is 1. The Hall–Kier alpha value is -1.03. The lowest BCUT2D eigenvalue weighted by molar-refractivity contribution is -0.135. The van der Waals surface area contributed by atoms with E-state index in [1.54, 1.807) is 0 Å². The summed E-state index contributed by atoms with van der Waals surface area (Å²) in [5, 5.41) is 8.92. The van der Waals surface area contributed by atoms with Crippen LogP contribution < -0.4 is 0 Å². The van der Waals surface area contributed by atoms with Gasteiger partial charge in [0.25, 0.3) is 0 Å². The van der Waals surface area contributed by atoms with Crippen molar-refractivity contribution in [3.63, 3.8) is 0 Å². The van der Waals surface area contributed by atoms with Gasteiger partial charge in [-0.1, -0.05) is 6.08 Å². The molecule has 1 N–H and O–H groups in total. The van der Waals surface area contributed by atoms with Crippen molar-refractivity contribution in [2.75, 3.05) is 0 Å². The molecule has 0 spiro atoms. The van der Waals surface area contributed by atoms with E-state index in [4.69, 9.17) is 5.11 Å². The molecule has 0 aliphatic heterocycles. The Bertz CT molecular complexity index is 266. The maximum absolute atomic E-state index is 13.0. The van der Waals surface area contributed by atoms with Crippen LogP contribution in [0.15, 0.2) is 24.1 Å². The molecule has 2 atom stereocenters. The van der Waals surface area contributed by atoms with E-state index in [1.165, 1.54) is 0 Å². The fraction of sp³-hybridized carbons (Fsp3) is 0.375. The van der Waals surface area contributed by atoms with Crippen molar-refractivity contribution >= 4 is 5.78 Å². The van der Waals surface area contributed by atoms with Crippen LogP contribution in [0.1, 0.15) is 6.92 Å². The number of carbonyl (C=O) groups excluding carboxylic acids is 1. The van der Waals surface area contributed by atoms with E-state index in [0.717, 1.165) is 19.1 Å². The largest absolute Gasteiger partial charge is 0.358 e. The van der Waals surface area contributed by atoms with Crippen LogP contribution in [0.25, 0.3) is 0 Å². The number of hydrogen-bond acceptors (Lipinski definition) is 2. The van der Waals surface area contributed by atoms with Crippen molar-refractivity contribution in [2.24, 2.45) is 5.92 Å². The molecule has 0 aromatic carbocycles. The normalized spacial score (nSPS) is 34.7. The fourth-order valence-electron chi connectivity index (χ4n) is 1.07. The summed E-state index contributed by atoms with van der Waals surface area (Å²) in [7, 11) is 0. The van der Waals surface area contributed by atoms with Gasteiger partial charge in [0, 0.05) is 6.08 Å². The highest BCUT2D eigenvalue weighted by Crippen LogP contribution is 2.29. The van der Waals surface area contributed by atoms with Crippen LogP contribution in [0.4, 0.5) is 8.78 Å². The summed E-state index contributed by atoms with van der Waals surface area (Å²) in [4.78, 5) is 10.7. The van der Waals surface area contributed by atoms with E-state index in [9.17, 15) is 13.6 Å². The average Bonchev–Trinajstić information content (AvgIpc) is 1.82. The highest BCUT2D eigenvalue weighted by molar-refractivity contribution is 5.82. The molecule has 0 saturated carbocycles. The van der Waals surface area contributed by atoms with Gasteiger partial charge in [-0.15, -0.1) is 0 Å². The first-order valence-electron chi connectivity index (χ1n) is 3.42. The SMILES string of the molecule is CC(=O)C1C=CC(F)=CC1(O)F. The number of ketones is 1. The third-order valence-corrected chi connectivity index (χ3v) is 1.66. The molecule has 1 aliphatic carbocycles. The van der Waals surface area contributed by atoms with Gasteiger partial charge in [-0.25, -0.2) is 8.78 Å². The van der Waals surface area contributed by atoms with Crippen molar-refractivity contribution < 1.29 is 18.7 Å². The molecule has 66 valence electrons. The third kappa shape index (κ3) is 1.58.